The van der Waals surface area contributed by atoms with E-state index in [2.05, 4.69) is 17.3 Å². The van der Waals surface area contributed by atoms with Crippen LogP contribution in [0.1, 0.15) is 48.9 Å². The second kappa shape index (κ2) is 8.83. The summed E-state index contributed by atoms with van der Waals surface area (Å²) in [6.07, 6.45) is 6.25. The Bertz CT molecular complexity index is 654. The van der Waals surface area contributed by atoms with Crippen molar-refractivity contribution in [2.45, 2.75) is 38.5 Å². The van der Waals surface area contributed by atoms with Gasteiger partial charge in [-0.05, 0) is 81.9 Å². The highest BCUT2D eigenvalue weighted by atomic mass is 19.1. The molecule has 0 radical (unpaired) electrons. The van der Waals surface area contributed by atoms with Crippen LogP contribution < -0.4 is 5.32 Å². The van der Waals surface area contributed by atoms with E-state index in [0.29, 0.717) is 23.9 Å². The van der Waals surface area contributed by atoms with Gasteiger partial charge in [0.2, 0.25) is 5.91 Å². The first-order valence-corrected chi connectivity index (χ1v) is 9.98. The average molecular weight is 375 g/mol. The first-order chi connectivity index (χ1) is 13.0. The van der Waals surface area contributed by atoms with E-state index >= 15 is 0 Å². The standard InChI is InChI=1S/C21H30FN3O2/c1-24-13-2-8-21(9-14-24)10-15-25(16-11-21)19(26)7-12-23-20(27)17-3-5-18(22)6-4-17/h3-6H,2,7-16H2,1H3,(H,23,27). The predicted octanol–water partition coefficient (Wildman–Crippen LogP) is 2.67. The number of amides is 2. The molecule has 2 saturated heterocycles. The van der Waals surface area contributed by atoms with Crippen LogP contribution in [0.4, 0.5) is 4.39 Å². The topological polar surface area (TPSA) is 52.6 Å². The molecule has 2 amide bonds. The molecule has 27 heavy (non-hydrogen) atoms. The fourth-order valence-corrected chi connectivity index (χ4v) is 4.26. The monoisotopic (exact) mass is 375 g/mol. The average Bonchev–Trinajstić information content (AvgIpc) is 2.84. The van der Waals surface area contributed by atoms with E-state index in [1.807, 2.05) is 4.90 Å². The van der Waals surface area contributed by atoms with E-state index in [9.17, 15) is 14.0 Å². The Morgan fingerprint density at radius 3 is 2.41 bits per heavy atom. The minimum Gasteiger partial charge on any atom is -0.352 e. The highest BCUT2D eigenvalue weighted by molar-refractivity contribution is 5.94. The largest absolute Gasteiger partial charge is 0.352 e. The van der Waals surface area contributed by atoms with Crippen molar-refractivity contribution in [3.05, 3.63) is 35.6 Å². The number of carbonyl (C=O) groups excluding carboxylic acids is 2. The van der Waals surface area contributed by atoms with Crippen molar-refractivity contribution < 1.29 is 14.0 Å². The van der Waals surface area contributed by atoms with Crippen LogP contribution in [0.25, 0.3) is 0 Å². The molecule has 2 fully saturated rings. The van der Waals surface area contributed by atoms with Crippen LogP contribution in [0.5, 0.6) is 0 Å². The van der Waals surface area contributed by atoms with Gasteiger partial charge < -0.3 is 15.1 Å². The Labute approximate surface area is 160 Å². The van der Waals surface area contributed by atoms with E-state index in [4.69, 9.17) is 0 Å². The number of hydrogen-bond donors (Lipinski definition) is 1. The molecule has 1 spiro atoms. The summed E-state index contributed by atoms with van der Waals surface area (Å²) in [6.45, 7) is 4.30. The molecule has 2 aliphatic heterocycles. The molecule has 2 aliphatic rings. The Balaban J connectivity index is 1.40. The van der Waals surface area contributed by atoms with E-state index in [-0.39, 0.29) is 17.6 Å². The van der Waals surface area contributed by atoms with Crippen molar-refractivity contribution in [1.82, 2.24) is 15.1 Å². The summed E-state index contributed by atoms with van der Waals surface area (Å²) in [5.74, 6) is -0.539. The van der Waals surface area contributed by atoms with Crippen LogP contribution >= 0.6 is 0 Å². The third-order valence-corrected chi connectivity index (χ3v) is 6.18. The molecule has 148 valence electrons. The van der Waals surface area contributed by atoms with Crippen molar-refractivity contribution in [2.75, 3.05) is 39.8 Å². The second-order valence-corrected chi connectivity index (χ2v) is 8.05. The first kappa shape index (κ1) is 19.8. The lowest BCUT2D eigenvalue weighted by Gasteiger charge is -2.41. The number of piperidine rings is 1. The van der Waals surface area contributed by atoms with Crippen molar-refractivity contribution in [2.24, 2.45) is 5.41 Å². The van der Waals surface area contributed by atoms with E-state index in [1.54, 1.807) is 0 Å². The van der Waals surface area contributed by atoms with Crippen LogP contribution in [0.15, 0.2) is 24.3 Å². The zero-order valence-corrected chi connectivity index (χ0v) is 16.2. The molecule has 1 N–H and O–H groups in total. The van der Waals surface area contributed by atoms with Gasteiger partial charge in [0.15, 0.2) is 0 Å². The van der Waals surface area contributed by atoms with Crippen LogP contribution in [-0.2, 0) is 4.79 Å². The van der Waals surface area contributed by atoms with Crippen molar-refractivity contribution in [1.29, 1.82) is 0 Å². The zero-order chi connectivity index (χ0) is 19.3. The number of benzene rings is 1. The third-order valence-electron chi connectivity index (χ3n) is 6.18. The van der Waals surface area contributed by atoms with E-state index in [0.717, 1.165) is 32.5 Å². The Morgan fingerprint density at radius 2 is 1.70 bits per heavy atom. The molecule has 5 nitrogen and oxygen atoms in total. The molecular formula is C21H30FN3O2. The van der Waals surface area contributed by atoms with Crippen LogP contribution in [-0.4, -0.2) is 61.4 Å². The minimum absolute atomic E-state index is 0.106. The number of likely N-dealkylation sites (tertiary alicyclic amines) is 2. The van der Waals surface area contributed by atoms with Crippen molar-refractivity contribution in [3.8, 4) is 0 Å². The zero-order valence-electron chi connectivity index (χ0n) is 16.2. The maximum Gasteiger partial charge on any atom is 0.251 e. The normalized spacial score (nSPS) is 20.3. The fraction of sp³-hybridized carbons (Fsp3) is 0.619. The molecule has 1 aromatic carbocycles. The molecule has 0 unspecified atom stereocenters. The third kappa shape index (κ3) is 5.28. The van der Waals surface area contributed by atoms with Gasteiger partial charge in [-0.2, -0.15) is 0 Å². The maximum absolute atomic E-state index is 12.9. The molecule has 0 bridgehead atoms. The smallest absolute Gasteiger partial charge is 0.251 e. The molecular weight excluding hydrogens is 345 g/mol. The van der Waals surface area contributed by atoms with Gasteiger partial charge in [-0.15, -0.1) is 0 Å². The molecule has 0 aromatic heterocycles. The number of halogens is 1. The van der Waals surface area contributed by atoms with Gasteiger partial charge in [0, 0.05) is 31.6 Å². The second-order valence-electron chi connectivity index (χ2n) is 8.05. The lowest BCUT2D eigenvalue weighted by Crippen LogP contribution is -2.44. The molecule has 0 atom stereocenters. The van der Waals surface area contributed by atoms with Gasteiger partial charge >= 0.3 is 0 Å². The number of nitrogens with zero attached hydrogens (tertiary/aromatic N) is 2. The molecule has 0 saturated carbocycles. The van der Waals surface area contributed by atoms with Crippen LogP contribution in [0, 0.1) is 11.2 Å². The SMILES string of the molecule is CN1CCCC2(CC1)CCN(C(=O)CCNC(=O)c1ccc(F)cc1)CC2. The maximum atomic E-state index is 12.9. The minimum atomic E-state index is -0.370. The van der Waals surface area contributed by atoms with Gasteiger partial charge in [-0.3, -0.25) is 9.59 Å². The highest BCUT2D eigenvalue weighted by Gasteiger charge is 2.36. The lowest BCUT2D eigenvalue weighted by molar-refractivity contribution is -0.133. The van der Waals surface area contributed by atoms with Gasteiger partial charge in [-0.1, -0.05) is 0 Å². The van der Waals surface area contributed by atoms with Gasteiger partial charge in [0.25, 0.3) is 5.91 Å². The number of carbonyl (C=O) groups is 2. The summed E-state index contributed by atoms with van der Waals surface area (Å²) in [4.78, 5) is 28.8. The van der Waals surface area contributed by atoms with E-state index in [1.165, 1.54) is 50.1 Å². The number of nitrogens with one attached hydrogen (secondary N) is 1. The number of hydrogen-bond acceptors (Lipinski definition) is 3. The van der Waals surface area contributed by atoms with Gasteiger partial charge in [-0.25, -0.2) is 4.39 Å². The van der Waals surface area contributed by atoms with Crippen LogP contribution in [0.2, 0.25) is 0 Å². The van der Waals surface area contributed by atoms with Crippen molar-refractivity contribution in [3.63, 3.8) is 0 Å². The Kier molecular flexibility index (Phi) is 6.47. The predicted molar refractivity (Wildman–Crippen MR) is 103 cm³/mol. The van der Waals surface area contributed by atoms with Crippen LogP contribution in [0.3, 0.4) is 0 Å². The van der Waals surface area contributed by atoms with Gasteiger partial charge in [0.1, 0.15) is 5.82 Å². The molecule has 6 heteroatoms. The van der Waals surface area contributed by atoms with E-state index < -0.39 is 0 Å². The fourth-order valence-electron chi connectivity index (χ4n) is 4.26. The summed E-state index contributed by atoms with van der Waals surface area (Å²) in [7, 11) is 2.19. The molecule has 3 rings (SSSR count). The Hall–Kier alpha value is -1.95. The highest BCUT2D eigenvalue weighted by Crippen LogP contribution is 2.41. The summed E-state index contributed by atoms with van der Waals surface area (Å²) < 4.78 is 12.9. The lowest BCUT2D eigenvalue weighted by atomic mass is 9.73. The quantitative estimate of drug-likeness (QED) is 0.880. The van der Waals surface area contributed by atoms with Gasteiger partial charge in [0.05, 0.1) is 0 Å². The molecule has 1 aromatic rings. The summed E-state index contributed by atoms with van der Waals surface area (Å²) in [5, 5.41) is 2.74. The molecule has 0 aliphatic carbocycles. The summed E-state index contributed by atoms with van der Waals surface area (Å²) in [5.41, 5.74) is 0.820. The molecule has 2 heterocycles. The number of rotatable bonds is 4. The summed E-state index contributed by atoms with van der Waals surface area (Å²) >= 11 is 0. The Morgan fingerprint density at radius 1 is 1.04 bits per heavy atom. The first-order valence-electron chi connectivity index (χ1n) is 9.98. The summed E-state index contributed by atoms with van der Waals surface area (Å²) in [6, 6.07) is 5.41. The van der Waals surface area contributed by atoms with Crippen molar-refractivity contribution >= 4 is 11.8 Å².